The zero-order valence-corrected chi connectivity index (χ0v) is 24.7. The molecule has 0 saturated carbocycles. The lowest BCUT2D eigenvalue weighted by molar-refractivity contribution is -0.113. The van der Waals surface area contributed by atoms with Crippen LogP contribution in [0.5, 0.6) is 17.2 Å². The van der Waals surface area contributed by atoms with Crippen LogP contribution in [0.25, 0.3) is 6.08 Å². The topological polar surface area (TPSA) is 62.3 Å². The molecule has 2 heterocycles. The second-order valence-electron chi connectivity index (χ2n) is 10.2. The molecule has 2 aliphatic heterocycles. The lowest BCUT2D eigenvalue weighted by Gasteiger charge is -2.32. The maximum absolute atomic E-state index is 13.2. The number of carbonyl (C=O) groups excluding carboxylic acids is 2. The van der Waals surface area contributed by atoms with Gasteiger partial charge < -0.3 is 19.3 Å². The predicted octanol–water partition coefficient (Wildman–Crippen LogP) is 7.17. The van der Waals surface area contributed by atoms with E-state index in [1.54, 1.807) is 42.5 Å². The van der Waals surface area contributed by atoms with E-state index in [-0.39, 0.29) is 11.1 Å². The van der Waals surface area contributed by atoms with E-state index in [0.29, 0.717) is 39.5 Å². The number of benzene rings is 3. The van der Waals surface area contributed by atoms with Crippen LogP contribution in [0.1, 0.15) is 24.8 Å². The summed E-state index contributed by atoms with van der Waals surface area (Å²) in [5.41, 5.74) is 1.30. The highest BCUT2D eigenvalue weighted by Crippen LogP contribution is 2.37. The lowest BCUT2D eigenvalue weighted by atomic mass is 10.2. The molecule has 214 valence electrons. The first-order valence-electron chi connectivity index (χ1n) is 13.9. The van der Waals surface area contributed by atoms with Gasteiger partial charge in [0.25, 0.3) is 11.1 Å². The first kappa shape index (κ1) is 29.2. The quantitative estimate of drug-likeness (QED) is 0.173. The summed E-state index contributed by atoms with van der Waals surface area (Å²) in [7, 11) is 2.18. The van der Waals surface area contributed by atoms with Gasteiger partial charge in [-0.1, -0.05) is 29.8 Å². The molecule has 41 heavy (non-hydrogen) atoms. The van der Waals surface area contributed by atoms with Gasteiger partial charge >= 0.3 is 0 Å². The molecule has 0 N–H and O–H groups in total. The van der Waals surface area contributed by atoms with Crippen molar-refractivity contribution in [1.82, 2.24) is 9.80 Å². The van der Waals surface area contributed by atoms with Crippen molar-refractivity contribution in [3.05, 3.63) is 88.3 Å². The van der Waals surface area contributed by atoms with Crippen molar-refractivity contribution in [2.24, 2.45) is 0 Å². The van der Waals surface area contributed by atoms with Gasteiger partial charge in [-0.2, -0.15) is 0 Å². The molecule has 3 aromatic carbocycles. The number of anilines is 1. The Morgan fingerprint density at radius 2 is 1.56 bits per heavy atom. The molecule has 5 rings (SSSR count). The summed E-state index contributed by atoms with van der Waals surface area (Å²) in [6, 6.07) is 21.6. The lowest BCUT2D eigenvalue weighted by Crippen LogP contribution is -2.44. The fraction of sp³-hybridized carbons (Fsp3) is 0.312. The number of piperazine rings is 1. The van der Waals surface area contributed by atoms with Crippen molar-refractivity contribution < 1.29 is 19.1 Å². The van der Waals surface area contributed by atoms with Crippen molar-refractivity contribution in [2.75, 3.05) is 51.3 Å². The Balaban J connectivity index is 1.12. The summed E-state index contributed by atoms with van der Waals surface area (Å²) in [6.07, 6.45) is 4.95. The Labute approximate surface area is 250 Å². The van der Waals surface area contributed by atoms with Crippen LogP contribution in [0.4, 0.5) is 10.5 Å². The molecule has 2 fully saturated rings. The third-order valence-corrected chi connectivity index (χ3v) is 8.20. The molecule has 7 nitrogen and oxygen atoms in total. The molecular weight excluding hydrogens is 558 g/mol. The first-order chi connectivity index (χ1) is 19.9. The molecular formula is C32H34ClN3O4S. The van der Waals surface area contributed by atoms with Crippen LogP contribution in [0, 0.1) is 0 Å². The summed E-state index contributed by atoms with van der Waals surface area (Å²) in [5, 5.41) is 0.313. The van der Waals surface area contributed by atoms with E-state index in [9.17, 15) is 9.59 Å². The second-order valence-corrected chi connectivity index (χ2v) is 11.6. The fourth-order valence-corrected chi connectivity index (χ4v) is 5.67. The van der Waals surface area contributed by atoms with E-state index in [0.717, 1.165) is 69.3 Å². The Morgan fingerprint density at radius 3 is 2.29 bits per heavy atom. The van der Waals surface area contributed by atoms with Gasteiger partial charge in [-0.05, 0) is 105 Å². The molecule has 2 saturated heterocycles. The molecule has 0 atom stereocenters. The minimum atomic E-state index is -0.345. The molecule has 2 aliphatic rings. The number of unbranched alkanes of at least 4 members (excludes halogenated alkanes) is 2. The van der Waals surface area contributed by atoms with Crippen LogP contribution >= 0.6 is 23.4 Å². The highest BCUT2D eigenvalue weighted by Gasteiger charge is 2.36. The standard InChI is InChI=1S/C32H34ClN3O4S/c1-34-17-19-35(20-18-34)16-3-2-4-21-39-29-7-5-6-26(23-29)36-31(37)30(41-32(36)38)22-24-8-12-27(13-9-24)40-28-14-10-25(33)11-15-28/h5-15,22-23H,2-4,16-21H2,1H3. The fourth-order valence-electron chi connectivity index (χ4n) is 4.70. The van der Waals surface area contributed by atoms with Crippen molar-refractivity contribution in [3.63, 3.8) is 0 Å². The van der Waals surface area contributed by atoms with E-state index in [1.165, 1.54) is 4.90 Å². The number of nitrogens with zero attached hydrogens (tertiary/aromatic N) is 3. The van der Waals surface area contributed by atoms with Crippen LogP contribution in [0.2, 0.25) is 5.02 Å². The maximum atomic E-state index is 13.2. The number of hydrogen-bond acceptors (Lipinski definition) is 7. The smallest absolute Gasteiger partial charge is 0.298 e. The monoisotopic (exact) mass is 591 g/mol. The number of likely N-dealkylation sites (N-methyl/N-ethyl adjacent to an activating group) is 1. The van der Waals surface area contributed by atoms with E-state index < -0.39 is 0 Å². The van der Waals surface area contributed by atoms with Gasteiger partial charge in [-0.15, -0.1) is 0 Å². The largest absolute Gasteiger partial charge is 0.494 e. The number of thioether (sulfide) groups is 1. The van der Waals surface area contributed by atoms with Gasteiger partial charge in [0.05, 0.1) is 17.2 Å². The number of halogens is 1. The van der Waals surface area contributed by atoms with Gasteiger partial charge in [0.15, 0.2) is 0 Å². The Hall–Kier alpha value is -3.30. The molecule has 0 spiro atoms. The number of rotatable bonds is 11. The maximum Gasteiger partial charge on any atom is 0.298 e. The SMILES string of the molecule is CN1CCN(CCCCCOc2cccc(N3C(=O)SC(=Cc4ccc(Oc5ccc(Cl)cc5)cc4)C3=O)c2)CC1. The van der Waals surface area contributed by atoms with Crippen molar-refractivity contribution in [2.45, 2.75) is 19.3 Å². The van der Waals surface area contributed by atoms with Gasteiger partial charge in [-0.3, -0.25) is 9.59 Å². The zero-order valence-electron chi connectivity index (χ0n) is 23.1. The number of hydrogen-bond donors (Lipinski definition) is 0. The van der Waals surface area contributed by atoms with Crippen molar-refractivity contribution in [1.29, 1.82) is 0 Å². The van der Waals surface area contributed by atoms with Crippen LogP contribution in [-0.4, -0.2) is 67.3 Å². The van der Waals surface area contributed by atoms with Gasteiger partial charge in [0.1, 0.15) is 17.2 Å². The molecule has 0 radical (unpaired) electrons. The van der Waals surface area contributed by atoms with Crippen molar-refractivity contribution >= 4 is 46.3 Å². The third kappa shape index (κ3) is 8.14. The van der Waals surface area contributed by atoms with Crippen LogP contribution in [0.15, 0.2) is 77.7 Å². The van der Waals surface area contributed by atoms with E-state index in [1.807, 2.05) is 36.4 Å². The Morgan fingerprint density at radius 1 is 0.854 bits per heavy atom. The van der Waals surface area contributed by atoms with Gasteiger partial charge in [0, 0.05) is 37.3 Å². The van der Waals surface area contributed by atoms with Crippen LogP contribution < -0.4 is 14.4 Å². The third-order valence-electron chi connectivity index (χ3n) is 7.08. The van der Waals surface area contributed by atoms with E-state index in [4.69, 9.17) is 21.1 Å². The highest BCUT2D eigenvalue weighted by atomic mass is 35.5. The molecule has 0 unspecified atom stereocenters. The highest BCUT2D eigenvalue weighted by molar-refractivity contribution is 8.19. The van der Waals surface area contributed by atoms with Crippen LogP contribution in [-0.2, 0) is 4.79 Å². The Kier molecular flexibility index (Phi) is 10.0. The Bertz CT molecular complexity index is 1370. The molecule has 2 amide bonds. The van der Waals surface area contributed by atoms with E-state index in [2.05, 4.69) is 16.8 Å². The summed E-state index contributed by atoms with van der Waals surface area (Å²) < 4.78 is 11.8. The average Bonchev–Trinajstić information content (AvgIpc) is 3.26. The number of amides is 2. The van der Waals surface area contributed by atoms with Gasteiger partial charge in [0.2, 0.25) is 0 Å². The molecule has 0 aliphatic carbocycles. The summed E-state index contributed by atoms with van der Waals surface area (Å²) in [6.45, 7) is 6.32. The molecule has 0 bridgehead atoms. The summed E-state index contributed by atoms with van der Waals surface area (Å²) in [5.74, 6) is 1.64. The minimum absolute atomic E-state index is 0.329. The number of carbonyl (C=O) groups is 2. The average molecular weight is 592 g/mol. The number of imide groups is 1. The first-order valence-corrected chi connectivity index (χ1v) is 15.1. The van der Waals surface area contributed by atoms with Gasteiger partial charge in [-0.25, -0.2) is 4.90 Å². The molecule has 3 aromatic rings. The van der Waals surface area contributed by atoms with Crippen LogP contribution in [0.3, 0.4) is 0 Å². The summed E-state index contributed by atoms with van der Waals surface area (Å²) >= 11 is 6.86. The second kappa shape index (κ2) is 14.0. The predicted molar refractivity (Wildman–Crippen MR) is 166 cm³/mol. The number of ether oxygens (including phenoxy) is 2. The molecule has 0 aromatic heterocycles. The van der Waals surface area contributed by atoms with E-state index >= 15 is 0 Å². The van der Waals surface area contributed by atoms with Crippen molar-refractivity contribution in [3.8, 4) is 17.2 Å². The summed E-state index contributed by atoms with van der Waals surface area (Å²) in [4.78, 5) is 32.5. The molecule has 9 heteroatoms. The zero-order chi connectivity index (χ0) is 28.6. The minimum Gasteiger partial charge on any atom is -0.494 e. The normalized spacial score (nSPS) is 17.4.